The maximum Gasteiger partial charge on any atom is 0.335 e. The molecule has 0 saturated carbocycles. The van der Waals surface area contributed by atoms with Gasteiger partial charge in [0.25, 0.3) is 5.56 Å². The van der Waals surface area contributed by atoms with E-state index in [1.807, 2.05) is 37.3 Å². The number of allylic oxidation sites excluding steroid dienone is 1. The number of rotatable bonds is 2. The van der Waals surface area contributed by atoms with E-state index in [1.54, 1.807) is 24.4 Å². The fourth-order valence-corrected chi connectivity index (χ4v) is 2.98. The molecule has 0 unspecified atom stereocenters. The van der Waals surface area contributed by atoms with Gasteiger partial charge in [0.1, 0.15) is 5.56 Å². The Bertz CT molecular complexity index is 1200. The van der Waals surface area contributed by atoms with Gasteiger partial charge in [0.05, 0.1) is 11.4 Å². The van der Waals surface area contributed by atoms with Gasteiger partial charge in [-0.2, -0.15) is 0 Å². The van der Waals surface area contributed by atoms with Gasteiger partial charge in [0, 0.05) is 17.4 Å². The molecular weight excluding hydrogens is 330 g/mol. The van der Waals surface area contributed by atoms with Gasteiger partial charge in [-0.05, 0) is 36.8 Å². The Kier molecular flexibility index (Phi) is 3.65. The van der Waals surface area contributed by atoms with E-state index in [0.29, 0.717) is 11.3 Å². The summed E-state index contributed by atoms with van der Waals surface area (Å²) >= 11 is 0. The van der Waals surface area contributed by atoms with E-state index in [2.05, 4.69) is 9.98 Å². The molecule has 2 N–H and O–H groups in total. The predicted molar refractivity (Wildman–Crippen MR) is 102 cm³/mol. The number of aliphatic imine (C=N–C) groups is 1. The molecular formula is C20H15N3O3. The number of benzene rings is 2. The normalized spacial score (nSPS) is 14.0. The fraction of sp³-hybridized carbons (Fsp3) is 0.0500. The van der Waals surface area contributed by atoms with E-state index in [9.17, 15) is 14.7 Å². The van der Waals surface area contributed by atoms with Gasteiger partial charge in [0.15, 0.2) is 0 Å². The van der Waals surface area contributed by atoms with E-state index in [1.165, 1.54) is 6.08 Å². The highest BCUT2D eigenvalue weighted by atomic mass is 16.3. The van der Waals surface area contributed by atoms with Crippen LogP contribution in [0.1, 0.15) is 16.7 Å². The quantitative estimate of drug-likeness (QED) is 0.749. The van der Waals surface area contributed by atoms with Crippen molar-refractivity contribution in [3.63, 3.8) is 0 Å². The predicted octanol–water partition coefficient (Wildman–Crippen LogP) is 2.80. The van der Waals surface area contributed by atoms with Crippen molar-refractivity contribution in [2.24, 2.45) is 4.99 Å². The second-order valence-electron chi connectivity index (χ2n) is 6.05. The lowest BCUT2D eigenvalue weighted by atomic mass is 10.1. The first-order valence-corrected chi connectivity index (χ1v) is 8.05. The molecule has 6 nitrogen and oxygen atoms in total. The summed E-state index contributed by atoms with van der Waals surface area (Å²) in [5, 5.41) is 10.7. The van der Waals surface area contributed by atoms with Gasteiger partial charge in [-0.1, -0.05) is 30.3 Å². The van der Waals surface area contributed by atoms with Crippen molar-refractivity contribution in [3.05, 3.63) is 86.1 Å². The molecule has 1 aromatic heterocycles. The highest BCUT2D eigenvalue weighted by Gasteiger charge is 2.17. The van der Waals surface area contributed by atoms with Crippen LogP contribution >= 0.6 is 0 Å². The van der Waals surface area contributed by atoms with Crippen molar-refractivity contribution in [1.29, 1.82) is 0 Å². The molecule has 26 heavy (non-hydrogen) atoms. The van der Waals surface area contributed by atoms with E-state index >= 15 is 0 Å². The minimum atomic E-state index is -0.694. The number of aromatic amines is 1. The lowest BCUT2D eigenvalue weighted by Gasteiger charge is -2.10. The third kappa shape index (κ3) is 2.57. The maximum absolute atomic E-state index is 12.3. The monoisotopic (exact) mass is 345 g/mol. The summed E-state index contributed by atoms with van der Waals surface area (Å²) in [6.45, 7) is 1.88. The third-order valence-electron chi connectivity index (χ3n) is 4.24. The summed E-state index contributed by atoms with van der Waals surface area (Å²) in [6.07, 6.45) is 3.17. The van der Waals surface area contributed by atoms with E-state index < -0.39 is 17.1 Å². The topological polar surface area (TPSA) is 87.4 Å². The second kappa shape index (κ2) is 6.00. The average Bonchev–Trinajstić information content (AvgIpc) is 3.01. The number of aromatic nitrogens is 2. The number of aryl methyl sites for hydroxylation is 1. The van der Waals surface area contributed by atoms with Crippen molar-refractivity contribution in [1.82, 2.24) is 9.55 Å². The number of nitrogens with zero attached hydrogens (tertiary/aromatic N) is 2. The van der Waals surface area contributed by atoms with Crippen molar-refractivity contribution in [3.8, 4) is 11.6 Å². The summed E-state index contributed by atoms with van der Waals surface area (Å²) in [5.41, 5.74) is 2.41. The zero-order chi connectivity index (χ0) is 18.3. The van der Waals surface area contributed by atoms with E-state index in [4.69, 9.17) is 0 Å². The number of hydrogen-bond donors (Lipinski definition) is 2. The molecule has 1 aliphatic rings. The number of hydrogen-bond acceptors (Lipinski definition) is 4. The molecule has 0 radical (unpaired) electrons. The number of para-hydroxylation sites is 1. The standard InChI is InChI=1S/C20H15N3O3/c1-12-5-4-6-14(9-12)23-19(25)16(18(24)22-20(23)26)10-13-11-21-17-8-3-2-7-15(13)17/h2-11,25H,1H3,(H,22,24,26)/b13-10+. The molecule has 0 bridgehead atoms. The third-order valence-corrected chi connectivity index (χ3v) is 4.24. The van der Waals surface area contributed by atoms with Gasteiger partial charge in [0.2, 0.25) is 5.88 Å². The number of H-pyrrole nitrogens is 1. The van der Waals surface area contributed by atoms with Crippen molar-refractivity contribution in [2.75, 3.05) is 0 Å². The second-order valence-corrected chi connectivity index (χ2v) is 6.05. The van der Waals surface area contributed by atoms with Crippen molar-refractivity contribution < 1.29 is 5.11 Å². The molecule has 0 fully saturated rings. The molecule has 0 atom stereocenters. The Morgan fingerprint density at radius 1 is 1.12 bits per heavy atom. The fourth-order valence-electron chi connectivity index (χ4n) is 2.98. The summed E-state index contributed by atoms with van der Waals surface area (Å²) in [4.78, 5) is 31.1. The molecule has 0 saturated heterocycles. The molecule has 128 valence electrons. The zero-order valence-corrected chi connectivity index (χ0v) is 13.9. The van der Waals surface area contributed by atoms with Crippen LogP contribution in [0.25, 0.3) is 17.3 Å². The summed E-state index contributed by atoms with van der Waals surface area (Å²) in [6, 6.07) is 14.6. The van der Waals surface area contributed by atoms with E-state index in [-0.39, 0.29) is 5.56 Å². The zero-order valence-electron chi connectivity index (χ0n) is 13.9. The molecule has 1 aliphatic heterocycles. The molecule has 0 spiro atoms. The first kappa shape index (κ1) is 15.8. The van der Waals surface area contributed by atoms with Crippen LogP contribution in [0, 0.1) is 6.92 Å². The molecule has 0 aliphatic carbocycles. The van der Waals surface area contributed by atoms with Crippen LogP contribution in [0.2, 0.25) is 0 Å². The van der Waals surface area contributed by atoms with Crippen LogP contribution < -0.4 is 11.2 Å². The Morgan fingerprint density at radius 3 is 2.73 bits per heavy atom. The van der Waals surface area contributed by atoms with Gasteiger partial charge >= 0.3 is 5.69 Å². The number of nitrogens with one attached hydrogen (secondary N) is 1. The minimum Gasteiger partial charge on any atom is -0.494 e. The highest BCUT2D eigenvalue weighted by Crippen LogP contribution is 2.32. The summed E-state index contributed by atoms with van der Waals surface area (Å²) < 4.78 is 1.08. The lowest BCUT2D eigenvalue weighted by molar-refractivity contribution is 0.429. The van der Waals surface area contributed by atoms with Crippen LogP contribution in [0.15, 0.2) is 63.1 Å². The van der Waals surface area contributed by atoms with Crippen LogP contribution in [0.3, 0.4) is 0 Å². The summed E-state index contributed by atoms with van der Waals surface area (Å²) in [7, 11) is 0. The SMILES string of the molecule is Cc1cccc(-n2c(O)c(/C=C3\C=Nc4ccccc43)c(=O)[nH]c2=O)c1. The lowest BCUT2D eigenvalue weighted by Crippen LogP contribution is -2.30. The number of fused-ring (bicyclic) bond motifs is 1. The molecule has 2 aromatic carbocycles. The average molecular weight is 345 g/mol. The van der Waals surface area contributed by atoms with Crippen LogP contribution in [0.5, 0.6) is 5.88 Å². The van der Waals surface area contributed by atoms with Gasteiger partial charge in [-0.25, -0.2) is 9.36 Å². The first-order chi connectivity index (χ1) is 12.5. The largest absolute Gasteiger partial charge is 0.494 e. The Balaban J connectivity index is 1.93. The van der Waals surface area contributed by atoms with Crippen LogP contribution in [-0.2, 0) is 0 Å². The van der Waals surface area contributed by atoms with Gasteiger partial charge in [-0.3, -0.25) is 14.8 Å². The van der Waals surface area contributed by atoms with Crippen LogP contribution in [0.4, 0.5) is 5.69 Å². The minimum absolute atomic E-state index is 0.00394. The molecule has 4 rings (SSSR count). The highest BCUT2D eigenvalue weighted by molar-refractivity contribution is 6.21. The Hall–Kier alpha value is -3.67. The van der Waals surface area contributed by atoms with Gasteiger partial charge in [-0.15, -0.1) is 0 Å². The summed E-state index contributed by atoms with van der Waals surface area (Å²) in [5.74, 6) is -0.408. The Labute approximate surface area is 148 Å². The molecule has 2 heterocycles. The van der Waals surface area contributed by atoms with E-state index in [0.717, 1.165) is 21.4 Å². The van der Waals surface area contributed by atoms with Crippen LogP contribution in [-0.4, -0.2) is 20.9 Å². The molecule has 0 amide bonds. The Morgan fingerprint density at radius 2 is 1.92 bits per heavy atom. The first-order valence-electron chi connectivity index (χ1n) is 8.05. The molecule has 6 heteroatoms. The van der Waals surface area contributed by atoms with Crippen molar-refractivity contribution in [2.45, 2.75) is 6.92 Å². The smallest absolute Gasteiger partial charge is 0.335 e. The van der Waals surface area contributed by atoms with Gasteiger partial charge < -0.3 is 5.11 Å². The maximum atomic E-state index is 12.3. The molecule has 3 aromatic rings. The number of aromatic hydroxyl groups is 1. The van der Waals surface area contributed by atoms with Crippen molar-refractivity contribution >= 4 is 23.6 Å².